The van der Waals surface area contributed by atoms with Crippen LogP contribution >= 0.6 is 0 Å². The van der Waals surface area contributed by atoms with Gasteiger partial charge in [-0.1, -0.05) is 12.8 Å². The molecule has 1 aromatic carbocycles. The molecule has 5 heteroatoms. The average molecular weight is 289 g/mol. The maximum atomic E-state index is 12.8. The minimum Gasteiger partial charge on any atom is -0.497 e. The van der Waals surface area contributed by atoms with Gasteiger partial charge in [-0.3, -0.25) is 4.79 Å². The van der Waals surface area contributed by atoms with Gasteiger partial charge in [-0.15, -0.1) is 0 Å². The molecule has 2 fully saturated rings. The van der Waals surface area contributed by atoms with Crippen LogP contribution < -0.4 is 4.74 Å². The van der Waals surface area contributed by atoms with Crippen molar-refractivity contribution in [2.45, 2.75) is 31.2 Å². The van der Waals surface area contributed by atoms with Crippen LogP contribution in [0.15, 0.2) is 24.3 Å². The second-order valence-electron chi connectivity index (χ2n) is 5.56. The van der Waals surface area contributed by atoms with E-state index in [1.165, 1.54) is 0 Å². The Morgan fingerprint density at radius 1 is 1.24 bits per heavy atom. The lowest BCUT2D eigenvalue weighted by molar-refractivity contribution is -0.164. The number of carbonyl (C=O) groups excluding carboxylic acids is 2. The van der Waals surface area contributed by atoms with E-state index >= 15 is 0 Å². The van der Waals surface area contributed by atoms with Gasteiger partial charge in [0.25, 0.3) is 5.91 Å². The van der Waals surface area contributed by atoms with Crippen LogP contribution in [-0.2, 0) is 9.53 Å². The van der Waals surface area contributed by atoms with Gasteiger partial charge in [0.2, 0.25) is 0 Å². The van der Waals surface area contributed by atoms with Crippen LogP contribution in [-0.4, -0.2) is 42.6 Å². The number of amides is 1. The number of nitrogens with zero attached hydrogens (tertiary/aromatic N) is 1. The number of morpholine rings is 1. The fraction of sp³-hybridized carbons (Fsp3) is 0.500. The van der Waals surface area contributed by atoms with Crippen LogP contribution in [0.2, 0.25) is 0 Å². The molecule has 0 N–H and O–H groups in total. The lowest BCUT2D eigenvalue weighted by Gasteiger charge is -2.42. The zero-order chi connectivity index (χ0) is 14.9. The van der Waals surface area contributed by atoms with E-state index in [4.69, 9.17) is 9.47 Å². The molecule has 1 spiro atoms. The van der Waals surface area contributed by atoms with Crippen molar-refractivity contribution >= 4 is 11.9 Å². The first-order chi connectivity index (χ1) is 10.2. The van der Waals surface area contributed by atoms with Crippen molar-refractivity contribution in [3.63, 3.8) is 0 Å². The van der Waals surface area contributed by atoms with E-state index in [0.29, 0.717) is 30.7 Å². The largest absolute Gasteiger partial charge is 0.497 e. The fourth-order valence-electron chi connectivity index (χ4n) is 3.31. The second-order valence-corrected chi connectivity index (χ2v) is 5.56. The zero-order valence-corrected chi connectivity index (χ0v) is 12.1. The third kappa shape index (κ3) is 2.26. The highest BCUT2D eigenvalue weighted by Gasteiger charge is 2.51. The van der Waals surface area contributed by atoms with Crippen molar-refractivity contribution < 1.29 is 19.1 Å². The first-order valence-electron chi connectivity index (χ1n) is 7.31. The topological polar surface area (TPSA) is 55.8 Å². The molecule has 1 saturated heterocycles. The van der Waals surface area contributed by atoms with Crippen molar-refractivity contribution in [3.05, 3.63) is 29.8 Å². The summed E-state index contributed by atoms with van der Waals surface area (Å²) >= 11 is 0. The molecular formula is C16H19NO4. The Balaban J connectivity index is 1.89. The predicted molar refractivity (Wildman–Crippen MR) is 76.2 cm³/mol. The smallest absolute Gasteiger partial charge is 0.332 e. The molecule has 0 radical (unpaired) electrons. The summed E-state index contributed by atoms with van der Waals surface area (Å²) in [6.07, 6.45) is 3.32. The van der Waals surface area contributed by atoms with Gasteiger partial charge < -0.3 is 14.4 Å². The van der Waals surface area contributed by atoms with Crippen molar-refractivity contribution in [1.29, 1.82) is 0 Å². The quantitative estimate of drug-likeness (QED) is 0.781. The van der Waals surface area contributed by atoms with Gasteiger partial charge in [0.1, 0.15) is 17.9 Å². The molecule has 21 heavy (non-hydrogen) atoms. The van der Waals surface area contributed by atoms with Crippen LogP contribution in [0.1, 0.15) is 36.0 Å². The normalized spacial score (nSPS) is 20.4. The van der Waals surface area contributed by atoms with Gasteiger partial charge in [0.05, 0.1) is 13.7 Å². The first-order valence-corrected chi connectivity index (χ1v) is 7.31. The van der Waals surface area contributed by atoms with Crippen LogP contribution in [0.5, 0.6) is 5.75 Å². The lowest BCUT2D eigenvalue weighted by Crippen LogP contribution is -2.60. The number of hydrogen-bond donors (Lipinski definition) is 0. The highest BCUT2D eigenvalue weighted by Crippen LogP contribution is 2.39. The molecule has 0 bridgehead atoms. The summed E-state index contributed by atoms with van der Waals surface area (Å²) in [5.41, 5.74) is -0.160. The third-order valence-corrected chi connectivity index (χ3v) is 4.46. The first kappa shape index (κ1) is 13.9. The van der Waals surface area contributed by atoms with Crippen molar-refractivity contribution in [2.75, 3.05) is 20.3 Å². The monoisotopic (exact) mass is 289 g/mol. The molecule has 0 unspecified atom stereocenters. The van der Waals surface area contributed by atoms with Crippen LogP contribution in [0.3, 0.4) is 0 Å². The van der Waals surface area contributed by atoms with E-state index in [1.807, 2.05) is 0 Å². The molecule has 3 rings (SSSR count). The summed E-state index contributed by atoms with van der Waals surface area (Å²) in [5, 5.41) is 0. The Hall–Kier alpha value is -2.04. The maximum Gasteiger partial charge on any atom is 0.332 e. The van der Waals surface area contributed by atoms with E-state index < -0.39 is 5.54 Å². The van der Waals surface area contributed by atoms with E-state index in [1.54, 1.807) is 36.3 Å². The molecule has 0 aromatic heterocycles. The number of benzene rings is 1. The molecule has 2 aliphatic rings. The Kier molecular flexibility index (Phi) is 3.57. The summed E-state index contributed by atoms with van der Waals surface area (Å²) < 4.78 is 10.3. The number of hydrogen-bond acceptors (Lipinski definition) is 4. The molecule has 1 aliphatic carbocycles. The number of ether oxygens (including phenoxy) is 2. The molecule has 1 amide bonds. The standard InChI is InChI=1S/C16H19NO4/c1-20-13-6-4-12(5-7-13)14(18)17-10-11-21-15(19)16(17)8-2-3-9-16/h4-7H,2-3,8-11H2,1H3. The highest BCUT2D eigenvalue weighted by atomic mass is 16.5. The number of esters is 1. The van der Waals surface area contributed by atoms with E-state index in [0.717, 1.165) is 12.8 Å². The average Bonchev–Trinajstić information content (AvgIpc) is 3.00. The lowest BCUT2D eigenvalue weighted by atomic mass is 9.92. The number of rotatable bonds is 2. The fourth-order valence-corrected chi connectivity index (χ4v) is 3.31. The zero-order valence-electron chi connectivity index (χ0n) is 12.1. The van der Waals surface area contributed by atoms with Gasteiger partial charge >= 0.3 is 5.97 Å². The minimum atomic E-state index is -0.741. The number of carbonyl (C=O) groups is 2. The van der Waals surface area contributed by atoms with Crippen molar-refractivity contribution in [3.8, 4) is 5.75 Å². The molecule has 5 nitrogen and oxygen atoms in total. The predicted octanol–water partition coefficient (Wildman–Crippen LogP) is 2.01. The molecule has 112 valence electrons. The third-order valence-electron chi connectivity index (χ3n) is 4.46. The number of cyclic esters (lactones) is 1. The van der Waals surface area contributed by atoms with Crippen LogP contribution in [0, 0.1) is 0 Å². The Labute approximate surface area is 123 Å². The Morgan fingerprint density at radius 2 is 1.90 bits per heavy atom. The highest BCUT2D eigenvalue weighted by molar-refractivity contribution is 5.98. The second kappa shape index (κ2) is 5.39. The van der Waals surface area contributed by atoms with Gasteiger partial charge in [-0.05, 0) is 37.1 Å². The van der Waals surface area contributed by atoms with Crippen LogP contribution in [0.4, 0.5) is 0 Å². The molecule has 1 aromatic rings. The van der Waals surface area contributed by atoms with E-state index in [-0.39, 0.29) is 18.5 Å². The Morgan fingerprint density at radius 3 is 2.52 bits per heavy atom. The van der Waals surface area contributed by atoms with E-state index in [9.17, 15) is 9.59 Å². The molecular weight excluding hydrogens is 270 g/mol. The molecule has 1 aliphatic heterocycles. The van der Waals surface area contributed by atoms with Gasteiger partial charge in [-0.25, -0.2) is 4.79 Å². The summed E-state index contributed by atoms with van der Waals surface area (Å²) in [5.74, 6) is 0.365. The maximum absolute atomic E-state index is 12.8. The van der Waals surface area contributed by atoms with Gasteiger partial charge in [0.15, 0.2) is 0 Å². The van der Waals surface area contributed by atoms with Crippen molar-refractivity contribution in [2.24, 2.45) is 0 Å². The number of methoxy groups -OCH3 is 1. The summed E-state index contributed by atoms with van der Waals surface area (Å²) in [7, 11) is 1.59. The van der Waals surface area contributed by atoms with Gasteiger partial charge in [-0.2, -0.15) is 0 Å². The summed E-state index contributed by atoms with van der Waals surface area (Å²) in [6, 6.07) is 7.00. The van der Waals surface area contributed by atoms with Crippen LogP contribution in [0.25, 0.3) is 0 Å². The van der Waals surface area contributed by atoms with Gasteiger partial charge in [0, 0.05) is 5.56 Å². The molecule has 0 atom stereocenters. The van der Waals surface area contributed by atoms with E-state index in [2.05, 4.69) is 0 Å². The molecule has 1 heterocycles. The van der Waals surface area contributed by atoms with Crippen molar-refractivity contribution in [1.82, 2.24) is 4.90 Å². The Bertz CT molecular complexity index is 546. The summed E-state index contributed by atoms with van der Waals surface area (Å²) in [6.45, 7) is 0.749. The SMILES string of the molecule is COc1ccc(C(=O)N2CCOC(=O)C23CCCC3)cc1. The summed E-state index contributed by atoms with van der Waals surface area (Å²) in [4.78, 5) is 26.7. The molecule has 1 saturated carbocycles. The minimum absolute atomic E-state index is 0.101.